The standard InChI is InChI=1S/C9H18INO2S/c1-3-4-5-7-11(10)8-6-9-14(2,12)13/h4-5H,3,6-9H2,1-2H3/b5-4+. The van der Waals surface area contributed by atoms with Crippen molar-refractivity contribution in [3.05, 3.63) is 12.2 Å². The summed E-state index contributed by atoms with van der Waals surface area (Å²) < 4.78 is 23.8. The van der Waals surface area contributed by atoms with Gasteiger partial charge in [0.2, 0.25) is 0 Å². The first-order valence-electron chi connectivity index (χ1n) is 4.69. The zero-order chi connectivity index (χ0) is 11.0. The molecular formula is C9H18INO2S. The number of sulfone groups is 1. The van der Waals surface area contributed by atoms with Gasteiger partial charge in [-0.2, -0.15) is 0 Å². The topological polar surface area (TPSA) is 37.4 Å². The second-order valence-electron chi connectivity index (χ2n) is 3.23. The van der Waals surface area contributed by atoms with Crippen LogP contribution in [0.1, 0.15) is 19.8 Å². The van der Waals surface area contributed by atoms with E-state index in [4.69, 9.17) is 0 Å². The number of halogens is 1. The van der Waals surface area contributed by atoms with Crippen LogP contribution in [-0.4, -0.2) is 36.6 Å². The summed E-state index contributed by atoms with van der Waals surface area (Å²) in [6.07, 6.45) is 7.26. The molecule has 0 spiro atoms. The van der Waals surface area contributed by atoms with Crippen molar-refractivity contribution in [1.29, 1.82) is 0 Å². The van der Waals surface area contributed by atoms with Crippen molar-refractivity contribution < 1.29 is 8.42 Å². The van der Waals surface area contributed by atoms with Gasteiger partial charge in [0.15, 0.2) is 0 Å². The van der Waals surface area contributed by atoms with E-state index in [-0.39, 0.29) is 5.75 Å². The Kier molecular flexibility index (Phi) is 7.85. The van der Waals surface area contributed by atoms with Crippen molar-refractivity contribution in [2.24, 2.45) is 0 Å². The van der Waals surface area contributed by atoms with Gasteiger partial charge in [0.25, 0.3) is 0 Å². The highest BCUT2D eigenvalue weighted by molar-refractivity contribution is 14.1. The zero-order valence-electron chi connectivity index (χ0n) is 8.74. The highest BCUT2D eigenvalue weighted by Gasteiger charge is 2.03. The highest BCUT2D eigenvalue weighted by Crippen LogP contribution is 2.01. The minimum absolute atomic E-state index is 0.282. The van der Waals surface area contributed by atoms with Crippen molar-refractivity contribution in [1.82, 2.24) is 3.11 Å². The molecule has 84 valence electrons. The number of rotatable bonds is 7. The van der Waals surface area contributed by atoms with Gasteiger partial charge in [-0.05, 0) is 12.8 Å². The Morgan fingerprint density at radius 2 is 2.00 bits per heavy atom. The summed E-state index contributed by atoms with van der Waals surface area (Å²) in [6.45, 7) is 3.80. The lowest BCUT2D eigenvalue weighted by Gasteiger charge is -2.10. The van der Waals surface area contributed by atoms with E-state index >= 15 is 0 Å². The predicted molar refractivity (Wildman–Crippen MR) is 69.4 cm³/mol. The van der Waals surface area contributed by atoms with E-state index in [2.05, 4.69) is 45.1 Å². The van der Waals surface area contributed by atoms with E-state index in [9.17, 15) is 8.42 Å². The summed E-state index contributed by atoms with van der Waals surface area (Å²) >= 11 is 2.22. The van der Waals surface area contributed by atoms with Gasteiger partial charge in [0.05, 0.1) is 5.75 Å². The summed E-state index contributed by atoms with van der Waals surface area (Å²) in [4.78, 5) is 0. The lowest BCUT2D eigenvalue weighted by Crippen LogP contribution is -2.16. The van der Waals surface area contributed by atoms with Crippen LogP contribution in [0.2, 0.25) is 0 Å². The Morgan fingerprint density at radius 3 is 2.50 bits per heavy atom. The number of nitrogens with zero attached hydrogens (tertiary/aromatic N) is 1. The first-order chi connectivity index (χ1) is 6.45. The van der Waals surface area contributed by atoms with Gasteiger partial charge in [-0.25, -0.2) is 11.5 Å². The summed E-state index contributed by atoms with van der Waals surface area (Å²) in [6, 6.07) is 0. The number of hydrogen-bond acceptors (Lipinski definition) is 3. The Labute approximate surface area is 101 Å². The van der Waals surface area contributed by atoms with Crippen molar-refractivity contribution in [2.75, 3.05) is 25.1 Å². The third-order valence-electron chi connectivity index (χ3n) is 1.62. The lowest BCUT2D eigenvalue weighted by molar-refractivity contribution is 0.547. The molecule has 0 unspecified atom stereocenters. The molecule has 0 radical (unpaired) electrons. The minimum atomic E-state index is -2.79. The maximum absolute atomic E-state index is 10.8. The molecule has 0 aliphatic carbocycles. The third kappa shape index (κ3) is 10.5. The average Bonchev–Trinajstić information content (AvgIpc) is 2.02. The zero-order valence-corrected chi connectivity index (χ0v) is 11.7. The van der Waals surface area contributed by atoms with Crippen LogP contribution in [0, 0.1) is 0 Å². The van der Waals surface area contributed by atoms with Gasteiger partial charge in [0.1, 0.15) is 9.84 Å². The number of allylic oxidation sites excluding steroid dienone is 1. The molecule has 0 fully saturated rings. The van der Waals surface area contributed by atoms with Crippen LogP contribution in [0.3, 0.4) is 0 Å². The fraction of sp³-hybridized carbons (Fsp3) is 0.778. The van der Waals surface area contributed by atoms with Crippen molar-refractivity contribution in [2.45, 2.75) is 19.8 Å². The smallest absolute Gasteiger partial charge is 0.147 e. The van der Waals surface area contributed by atoms with Gasteiger partial charge in [-0.3, -0.25) is 0 Å². The molecule has 0 saturated heterocycles. The molecular weight excluding hydrogens is 313 g/mol. The molecule has 0 aliphatic rings. The van der Waals surface area contributed by atoms with E-state index < -0.39 is 9.84 Å². The molecule has 0 aromatic heterocycles. The highest BCUT2D eigenvalue weighted by atomic mass is 127. The normalized spacial score (nSPS) is 12.9. The Morgan fingerprint density at radius 1 is 1.36 bits per heavy atom. The molecule has 3 nitrogen and oxygen atoms in total. The molecule has 0 heterocycles. The molecule has 0 rings (SSSR count). The van der Waals surface area contributed by atoms with Crippen LogP contribution in [0.4, 0.5) is 0 Å². The molecule has 0 saturated carbocycles. The molecule has 0 amide bonds. The number of hydrogen-bond donors (Lipinski definition) is 0. The van der Waals surface area contributed by atoms with Crippen LogP contribution < -0.4 is 0 Å². The summed E-state index contributed by atoms with van der Waals surface area (Å²) in [5.41, 5.74) is 0. The monoisotopic (exact) mass is 331 g/mol. The first kappa shape index (κ1) is 14.4. The Bertz CT molecular complexity index is 262. The Hall–Kier alpha value is 0.380. The van der Waals surface area contributed by atoms with Gasteiger partial charge < -0.3 is 0 Å². The molecule has 0 aromatic rings. The van der Waals surface area contributed by atoms with Crippen LogP contribution in [0.25, 0.3) is 0 Å². The molecule has 0 N–H and O–H groups in total. The molecule has 14 heavy (non-hydrogen) atoms. The lowest BCUT2D eigenvalue weighted by atomic mass is 10.4. The fourth-order valence-electron chi connectivity index (χ4n) is 0.945. The molecule has 0 bridgehead atoms. The first-order valence-corrected chi connectivity index (χ1v) is 7.71. The van der Waals surface area contributed by atoms with E-state index in [0.717, 1.165) is 19.5 Å². The largest absolute Gasteiger partial charge is 0.244 e. The van der Waals surface area contributed by atoms with E-state index in [1.54, 1.807) is 0 Å². The van der Waals surface area contributed by atoms with E-state index in [1.165, 1.54) is 6.26 Å². The summed E-state index contributed by atoms with van der Waals surface area (Å²) in [7, 11) is -2.79. The van der Waals surface area contributed by atoms with Crippen LogP contribution >= 0.6 is 22.9 Å². The molecule has 0 aromatic carbocycles. The third-order valence-corrected chi connectivity index (χ3v) is 3.53. The van der Waals surface area contributed by atoms with Crippen LogP contribution in [0.15, 0.2) is 12.2 Å². The van der Waals surface area contributed by atoms with Crippen molar-refractivity contribution in [3.63, 3.8) is 0 Å². The van der Waals surface area contributed by atoms with Crippen molar-refractivity contribution >= 4 is 32.7 Å². The summed E-state index contributed by atoms with van der Waals surface area (Å²) in [5.74, 6) is 0.282. The molecule has 0 atom stereocenters. The fourth-order valence-corrected chi connectivity index (χ4v) is 2.17. The maximum Gasteiger partial charge on any atom is 0.147 e. The van der Waals surface area contributed by atoms with Gasteiger partial charge in [-0.15, -0.1) is 0 Å². The maximum atomic E-state index is 10.8. The predicted octanol–water partition coefficient (Wildman–Crippen LogP) is 2.04. The summed E-state index contributed by atoms with van der Waals surface area (Å²) in [5, 5.41) is 0. The molecule has 0 aliphatic heterocycles. The quantitative estimate of drug-likeness (QED) is 0.407. The van der Waals surface area contributed by atoms with Crippen LogP contribution in [0.5, 0.6) is 0 Å². The van der Waals surface area contributed by atoms with Gasteiger partial charge in [-0.1, -0.05) is 19.1 Å². The molecule has 5 heteroatoms. The van der Waals surface area contributed by atoms with Crippen LogP contribution in [-0.2, 0) is 9.84 Å². The second kappa shape index (κ2) is 7.64. The average molecular weight is 331 g/mol. The second-order valence-corrected chi connectivity index (χ2v) is 6.86. The van der Waals surface area contributed by atoms with E-state index in [0.29, 0.717) is 6.42 Å². The SMILES string of the molecule is CC/C=C/CN(I)CCCS(C)(=O)=O. The van der Waals surface area contributed by atoms with Crippen molar-refractivity contribution in [3.8, 4) is 0 Å². The van der Waals surface area contributed by atoms with Gasteiger partial charge in [0, 0.05) is 42.2 Å². The van der Waals surface area contributed by atoms with E-state index in [1.807, 2.05) is 0 Å². The minimum Gasteiger partial charge on any atom is -0.244 e. The Balaban J connectivity index is 3.54. The van der Waals surface area contributed by atoms with Gasteiger partial charge >= 0.3 is 0 Å².